The third kappa shape index (κ3) is 5.93. The number of rotatable bonds is 3. The zero-order valence-electron chi connectivity index (χ0n) is 26.4. The lowest BCUT2D eigenvalue weighted by Crippen LogP contribution is -2.46. The van der Waals surface area contributed by atoms with Crippen molar-refractivity contribution >= 4 is 27.5 Å². The Kier molecular flexibility index (Phi) is 8.57. The summed E-state index contributed by atoms with van der Waals surface area (Å²) in [6.45, 7) is 4.87. The minimum atomic E-state index is -0.735. The van der Waals surface area contributed by atoms with E-state index in [1.54, 1.807) is 0 Å². The molecule has 4 fully saturated rings. The molecule has 2 aromatic heterocycles. The number of benzene rings is 2. The first kappa shape index (κ1) is 31.5. The van der Waals surface area contributed by atoms with Gasteiger partial charge in [0, 0.05) is 56.0 Å². The number of terminal acetylenes is 1. The molecule has 11 heteroatoms. The van der Waals surface area contributed by atoms with Gasteiger partial charge in [0.25, 0.3) is 0 Å². The standard InChI is InChI=1S/C29H26F2N4O3.C7H12FN/c1-3-19-22(30)6-5-17-13-18(36)14-20(23(17)19)25-24(31)26-21(15-32-25)27(34-28(33-26)37-2)35-10-4-7-29(16-35)8-11-38-12-9-29;8-6-4-7-2-1-3-9(7)5-6/h1,5-6,13-15,36H,4,7-12,16H2,2H3;6-7H,1-5H2. The Balaban J connectivity index is 0.000000334. The van der Waals surface area contributed by atoms with Gasteiger partial charge < -0.3 is 19.5 Å². The fraction of sp³-hybridized carbons (Fsp3) is 0.472. The quantitative estimate of drug-likeness (QED) is 0.256. The normalized spacial score (nSPS) is 22.2. The average Bonchev–Trinajstić information content (AvgIpc) is 3.66. The summed E-state index contributed by atoms with van der Waals surface area (Å²) in [7, 11) is 1.44. The van der Waals surface area contributed by atoms with E-state index >= 15 is 4.39 Å². The molecule has 0 aliphatic carbocycles. The molecule has 6 heterocycles. The van der Waals surface area contributed by atoms with Gasteiger partial charge in [-0.2, -0.15) is 9.97 Å². The Bertz CT molecular complexity index is 1840. The topological polar surface area (TPSA) is 83.8 Å². The van der Waals surface area contributed by atoms with Crippen LogP contribution in [-0.2, 0) is 4.74 Å². The highest BCUT2D eigenvalue weighted by Gasteiger charge is 2.38. The molecule has 4 aliphatic rings. The summed E-state index contributed by atoms with van der Waals surface area (Å²) in [6.07, 6.45) is 14.0. The van der Waals surface area contributed by atoms with E-state index in [0.717, 1.165) is 65.0 Å². The summed E-state index contributed by atoms with van der Waals surface area (Å²) in [4.78, 5) is 17.8. The fourth-order valence-corrected chi connectivity index (χ4v) is 7.92. The molecule has 2 aromatic carbocycles. The molecule has 2 unspecified atom stereocenters. The Hall–Kier alpha value is -4.14. The van der Waals surface area contributed by atoms with E-state index in [2.05, 4.69) is 30.7 Å². The number of phenolic OH excluding ortho intramolecular Hbond substituents is 1. The molecular weight excluding hydrogens is 607 g/mol. The number of anilines is 1. The zero-order chi connectivity index (χ0) is 32.7. The van der Waals surface area contributed by atoms with Gasteiger partial charge in [-0.25, -0.2) is 13.2 Å². The summed E-state index contributed by atoms with van der Waals surface area (Å²) in [5.74, 6) is 1.44. The lowest BCUT2D eigenvalue weighted by Gasteiger charge is -2.45. The van der Waals surface area contributed by atoms with Crippen LogP contribution in [0.2, 0.25) is 0 Å². The van der Waals surface area contributed by atoms with Crippen LogP contribution in [0.1, 0.15) is 50.5 Å². The monoisotopic (exact) mass is 645 g/mol. The molecule has 246 valence electrons. The van der Waals surface area contributed by atoms with Crippen molar-refractivity contribution in [3.8, 4) is 35.4 Å². The number of phenols is 1. The first-order valence-corrected chi connectivity index (χ1v) is 16.3. The number of piperidine rings is 1. The molecule has 1 N–H and O–H groups in total. The van der Waals surface area contributed by atoms with Crippen LogP contribution in [0.5, 0.6) is 11.8 Å². The Morgan fingerprint density at radius 1 is 1.11 bits per heavy atom. The van der Waals surface area contributed by atoms with Gasteiger partial charge in [-0.15, -0.1) is 6.42 Å². The largest absolute Gasteiger partial charge is 0.508 e. The maximum Gasteiger partial charge on any atom is 0.318 e. The second-order valence-corrected chi connectivity index (χ2v) is 13.1. The van der Waals surface area contributed by atoms with Crippen molar-refractivity contribution in [3.05, 3.63) is 47.7 Å². The van der Waals surface area contributed by atoms with Crippen molar-refractivity contribution < 1.29 is 27.8 Å². The van der Waals surface area contributed by atoms with E-state index in [0.29, 0.717) is 29.2 Å². The van der Waals surface area contributed by atoms with Crippen LogP contribution in [0.3, 0.4) is 0 Å². The smallest absolute Gasteiger partial charge is 0.318 e. The molecule has 0 saturated carbocycles. The van der Waals surface area contributed by atoms with Crippen molar-refractivity contribution in [1.29, 1.82) is 0 Å². The highest BCUT2D eigenvalue weighted by molar-refractivity contribution is 6.03. The van der Waals surface area contributed by atoms with Gasteiger partial charge in [-0.1, -0.05) is 12.0 Å². The zero-order valence-corrected chi connectivity index (χ0v) is 26.4. The number of nitrogens with zero attached hydrogens (tertiary/aromatic N) is 5. The molecule has 8 rings (SSSR count). The second-order valence-electron chi connectivity index (χ2n) is 13.1. The third-order valence-electron chi connectivity index (χ3n) is 10.3. The van der Waals surface area contributed by atoms with Gasteiger partial charge >= 0.3 is 6.01 Å². The van der Waals surface area contributed by atoms with Crippen LogP contribution in [0.25, 0.3) is 32.9 Å². The number of hydrogen-bond acceptors (Lipinski definition) is 8. The summed E-state index contributed by atoms with van der Waals surface area (Å²) in [5, 5.41) is 11.6. The van der Waals surface area contributed by atoms with E-state index in [-0.39, 0.29) is 44.9 Å². The van der Waals surface area contributed by atoms with Crippen molar-refractivity contribution in [2.24, 2.45) is 5.41 Å². The lowest BCUT2D eigenvalue weighted by molar-refractivity contribution is 0.00749. The van der Waals surface area contributed by atoms with E-state index in [9.17, 15) is 13.9 Å². The lowest BCUT2D eigenvalue weighted by atomic mass is 9.74. The number of fused-ring (bicyclic) bond motifs is 3. The van der Waals surface area contributed by atoms with Gasteiger partial charge in [0.2, 0.25) is 0 Å². The Morgan fingerprint density at radius 3 is 2.70 bits per heavy atom. The van der Waals surface area contributed by atoms with Crippen molar-refractivity contribution in [3.63, 3.8) is 0 Å². The first-order valence-electron chi connectivity index (χ1n) is 16.3. The summed E-state index contributed by atoms with van der Waals surface area (Å²) in [6, 6.07) is 6.13. The predicted octanol–water partition coefficient (Wildman–Crippen LogP) is 6.41. The molecule has 0 bridgehead atoms. The molecule has 1 spiro atoms. The van der Waals surface area contributed by atoms with Crippen LogP contribution < -0.4 is 9.64 Å². The van der Waals surface area contributed by atoms with Crippen LogP contribution in [0, 0.1) is 29.4 Å². The predicted molar refractivity (Wildman–Crippen MR) is 174 cm³/mol. The molecule has 4 aliphatic heterocycles. The molecule has 4 aromatic rings. The number of hydrogen-bond donors (Lipinski definition) is 1. The van der Waals surface area contributed by atoms with Crippen molar-refractivity contribution in [2.75, 3.05) is 51.4 Å². The Morgan fingerprint density at radius 2 is 1.94 bits per heavy atom. The Labute approximate surface area is 271 Å². The van der Waals surface area contributed by atoms with E-state index in [4.69, 9.17) is 15.9 Å². The number of halogens is 3. The molecule has 47 heavy (non-hydrogen) atoms. The van der Waals surface area contributed by atoms with Crippen LogP contribution in [0.15, 0.2) is 30.5 Å². The number of ether oxygens (including phenoxy) is 2. The first-order chi connectivity index (χ1) is 22.8. The molecule has 8 nitrogen and oxygen atoms in total. The molecule has 4 saturated heterocycles. The maximum atomic E-state index is 16.3. The fourth-order valence-electron chi connectivity index (χ4n) is 7.92. The summed E-state index contributed by atoms with van der Waals surface area (Å²) >= 11 is 0. The summed E-state index contributed by atoms with van der Waals surface area (Å²) in [5.41, 5.74) is 0.189. The second kappa shape index (κ2) is 12.8. The number of pyridine rings is 1. The van der Waals surface area contributed by atoms with Gasteiger partial charge in [0.15, 0.2) is 5.82 Å². The average molecular weight is 646 g/mol. The minimum Gasteiger partial charge on any atom is -0.508 e. The van der Waals surface area contributed by atoms with Crippen LogP contribution in [-0.4, -0.2) is 83.7 Å². The van der Waals surface area contributed by atoms with Gasteiger partial charge in [-0.3, -0.25) is 9.88 Å². The van der Waals surface area contributed by atoms with Crippen molar-refractivity contribution in [2.45, 2.75) is 57.2 Å². The van der Waals surface area contributed by atoms with E-state index in [1.165, 1.54) is 50.4 Å². The molecule has 0 radical (unpaired) electrons. The third-order valence-corrected chi connectivity index (χ3v) is 10.3. The highest BCUT2D eigenvalue weighted by Crippen LogP contribution is 2.43. The van der Waals surface area contributed by atoms with E-state index in [1.807, 2.05) is 0 Å². The molecular formula is C36H38F3N5O3. The highest BCUT2D eigenvalue weighted by atomic mass is 19.1. The van der Waals surface area contributed by atoms with Gasteiger partial charge in [0.1, 0.15) is 34.8 Å². The molecule has 2 atom stereocenters. The minimum absolute atomic E-state index is 0.0265. The SMILES string of the molecule is C#Cc1c(F)ccc2cc(O)cc(-c3ncc4c(N5CCCC6(CCOCC6)C5)nc(OC)nc4c3F)c12.FC1CC2CCCN2C1. The molecule has 0 amide bonds. The van der Waals surface area contributed by atoms with E-state index < -0.39 is 17.8 Å². The number of aromatic hydroxyl groups is 1. The number of alkyl halides is 1. The van der Waals surface area contributed by atoms with Gasteiger partial charge in [0.05, 0.1) is 18.1 Å². The van der Waals surface area contributed by atoms with Gasteiger partial charge in [-0.05, 0) is 80.5 Å². The number of aromatic nitrogens is 3. The van der Waals surface area contributed by atoms with Crippen molar-refractivity contribution in [1.82, 2.24) is 19.9 Å². The number of methoxy groups -OCH3 is 1. The maximum absolute atomic E-state index is 16.3. The summed E-state index contributed by atoms with van der Waals surface area (Å²) < 4.78 is 54.5. The van der Waals surface area contributed by atoms with Crippen LogP contribution >= 0.6 is 0 Å². The van der Waals surface area contributed by atoms with Crippen LogP contribution in [0.4, 0.5) is 19.0 Å².